The fourth-order valence-corrected chi connectivity index (χ4v) is 0.960. The molecule has 0 aliphatic heterocycles. The van der Waals surface area contributed by atoms with E-state index in [1.54, 1.807) is 0 Å². The molecule has 0 bridgehead atoms. The van der Waals surface area contributed by atoms with Crippen LogP contribution in [-0.2, 0) is 0 Å². The van der Waals surface area contributed by atoms with Gasteiger partial charge in [0, 0.05) is 0 Å². The Kier molecular flexibility index (Phi) is 7.59. The SMILES string of the molecule is CC/C=C/CCCC(O)CC. The van der Waals surface area contributed by atoms with Crippen molar-refractivity contribution in [3.8, 4) is 0 Å². The maximum Gasteiger partial charge on any atom is 0.0537 e. The molecule has 0 fully saturated rings. The zero-order valence-electron chi connectivity index (χ0n) is 7.71. The van der Waals surface area contributed by atoms with Gasteiger partial charge in [0.15, 0.2) is 0 Å². The molecule has 0 aromatic heterocycles. The lowest BCUT2D eigenvalue weighted by Gasteiger charge is -2.04. The van der Waals surface area contributed by atoms with Gasteiger partial charge in [-0.3, -0.25) is 0 Å². The van der Waals surface area contributed by atoms with Crippen molar-refractivity contribution < 1.29 is 5.11 Å². The molecule has 0 aliphatic rings. The van der Waals surface area contributed by atoms with Crippen LogP contribution in [0.15, 0.2) is 12.2 Å². The van der Waals surface area contributed by atoms with Crippen molar-refractivity contribution in [2.75, 3.05) is 0 Å². The van der Waals surface area contributed by atoms with Gasteiger partial charge in [-0.25, -0.2) is 0 Å². The second-order valence-corrected chi connectivity index (χ2v) is 2.87. The van der Waals surface area contributed by atoms with Crippen molar-refractivity contribution in [3.05, 3.63) is 12.2 Å². The summed E-state index contributed by atoms with van der Waals surface area (Å²) in [6.45, 7) is 4.16. The van der Waals surface area contributed by atoms with Gasteiger partial charge in [-0.05, 0) is 32.1 Å². The first-order valence-corrected chi connectivity index (χ1v) is 4.64. The largest absolute Gasteiger partial charge is 0.393 e. The number of hydrogen-bond donors (Lipinski definition) is 1. The molecule has 0 rings (SSSR count). The lowest BCUT2D eigenvalue weighted by molar-refractivity contribution is 0.158. The fourth-order valence-electron chi connectivity index (χ4n) is 0.960. The van der Waals surface area contributed by atoms with Crippen LogP contribution in [0.3, 0.4) is 0 Å². The lowest BCUT2D eigenvalue weighted by Crippen LogP contribution is -2.02. The molecule has 0 amide bonds. The molecule has 1 unspecified atom stereocenters. The van der Waals surface area contributed by atoms with E-state index in [1.165, 1.54) is 0 Å². The number of rotatable bonds is 6. The molecule has 0 radical (unpaired) electrons. The molecule has 0 aromatic rings. The Hall–Kier alpha value is -0.300. The molecule has 0 spiro atoms. The van der Waals surface area contributed by atoms with Crippen molar-refractivity contribution in [1.29, 1.82) is 0 Å². The van der Waals surface area contributed by atoms with Crippen molar-refractivity contribution in [1.82, 2.24) is 0 Å². The predicted molar refractivity (Wildman–Crippen MR) is 49.6 cm³/mol. The minimum absolute atomic E-state index is 0.0787. The summed E-state index contributed by atoms with van der Waals surface area (Å²) in [6.07, 6.45) is 9.49. The average Bonchev–Trinajstić information content (AvgIpc) is 2.04. The Morgan fingerprint density at radius 3 is 2.55 bits per heavy atom. The summed E-state index contributed by atoms with van der Waals surface area (Å²) in [5.74, 6) is 0. The van der Waals surface area contributed by atoms with Crippen LogP contribution < -0.4 is 0 Å². The van der Waals surface area contributed by atoms with Crippen molar-refractivity contribution in [3.63, 3.8) is 0 Å². The van der Waals surface area contributed by atoms with Gasteiger partial charge in [0.1, 0.15) is 0 Å². The van der Waals surface area contributed by atoms with Crippen LogP contribution in [0.25, 0.3) is 0 Å². The van der Waals surface area contributed by atoms with Crippen LogP contribution >= 0.6 is 0 Å². The normalized spacial score (nSPS) is 14.1. The van der Waals surface area contributed by atoms with Gasteiger partial charge in [0.05, 0.1) is 6.10 Å². The van der Waals surface area contributed by atoms with Gasteiger partial charge in [-0.2, -0.15) is 0 Å². The first-order valence-electron chi connectivity index (χ1n) is 4.64. The van der Waals surface area contributed by atoms with Crippen LogP contribution in [0.1, 0.15) is 46.0 Å². The van der Waals surface area contributed by atoms with E-state index in [9.17, 15) is 5.11 Å². The Balaban J connectivity index is 3.07. The van der Waals surface area contributed by atoms with E-state index < -0.39 is 0 Å². The second-order valence-electron chi connectivity index (χ2n) is 2.87. The Labute approximate surface area is 70.1 Å². The van der Waals surface area contributed by atoms with Crippen molar-refractivity contribution >= 4 is 0 Å². The summed E-state index contributed by atoms with van der Waals surface area (Å²) in [4.78, 5) is 0. The topological polar surface area (TPSA) is 20.2 Å². The number of allylic oxidation sites excluding steroid dienone is 2. The van der Waals surface area contributed by atoms with Crippen LogP contribution in [0.2, 0.25) is 0 Å². The number of unbranched alkanes of at least 4 members (excludes halogenated alkanes) is 1. The van der Waals surface area contributed by atoms with E-state index in [2.05, 4.69) is 19.1 Å². The third-order valence-corrected chi connectivity index (χ3v) is 1.78. The first kappa shape index (κ1) is 10.7. The van der Waals surface area contributed by atoms with E-state index in [0.717, 1.165) is 32.1 Å². The van der Waals surface area contributed by atoms with Gasteiger partial charge in [-0.15, -0.1) is 0 Å². The smallest absolute Gasteiger partial charge is 0.0537 e. The Morgan fingerprint density at radius 2 is 2.00 bits per heavy atom. The molecule has 66 valence electrons. The summed E-state index contributed by atoms with van der Waals surface area (Å²) in [6, 6.07) is 0. The molecule has 0 aromatic carbocycles. The summed E-state index contributed by atoms with van der Waals surface area (Å²) in [7, 11) is 0. The van der Waals surface area contributed by atoms with Crippen LogP contribution in [-0.4, -0.2) is 11.2 Å². The van der Waals surface area contributed by atoms with E-state index in [4.69, 9.17) is 0 Å². The van der Waals surface area contributed by atoms with Gasteiger partial charge in [0.2, 0.25) is 0 Å². The standard InChI is InChI=1S/C10H20O/c1-3-5-6-7-8-9-10(11)4-2/h5-6,10-11H,3-4,7-9H2,1-2H3/b6-5+. The summed E-state index contributed by atoms with van der Waals surface area (Å²) in [5.41, 5.74) is 0. The fraction of sp³-hybridized carbons (Fsp3) is 0.800. The molecule has 1 N–H and O–H groups in total. The maximum atomic E-state index is 9.19. The van der Waals surface area contributed by atoms with Crippen molar-refractivity contribution in [2.45, 2.75) is 52.1 Å². The molecule has 0 heterocycles. The van der Waals surface area contributed by atoms with Gasteiger partial charge in [0.25, 0.3) is 0 Å². The highest BCUT2D eigenvalue weighted by Crippen LogP contribution is 2.04. The van der Waals surface area contributed by atoms with Crippen LogP contribution in [0.5, 0.6) is 0 Å². The molecule has 0 aliphatic carbocycles. The molecule has 0 saturated carbocycles. The molecule has 11 heavy (non-hydrogen) atoms. The second kappa shape index (κ2) is 7.80. The zero-order chi connectivity index (χ0) is 8.53. The summed E-state index contributed by atoms with van der Waals surface area (Å²) >= 11 is 0. The predicted octanol–water partition coefficient (Wildman–Crippen LogP) is 2.89. The highest BCUT2D eigenvalue weighted by atomic mass is 16.3. The van der Waals surface area contributed by atoms with E-state index in [-0.39, 0.29) is 6.10 Å². The van der Waals surface area contributed by atoms with Gasteiger partial charge >= 0.3 is 0 Å². The minimum Gasteiger partial charge on any atom is -0.393 e. The van der Waals surface area contributed by atoms with E-state index in [0.29, 0.717) is 0 Å². The quantitative estimate of drug-likeness (QED) is 0.463. The van der Waals surface area contributed by atoms with Gasteiger partial charge in [-0.1, -0.05) is 26.0 Å². The molecule has 1 heteroatoms. The molecule has 1 atom stereocenters. The van der Waals surface area contributed by atoms with E-state index >= 15 is 0 Å². The molecular formula is C10H20O. The van der Waals surface area contributed by atoms with Crippen LogP contribution in [0.4, 0.5) is 0 Å². The lowest BCUT2D eigenvalue weighted by atomic mass is 10.1. The summed E-state index contributed by atoms with van der Waals surface area (Å²) in [5, 5.41) is 9.19. The highest BCUT2D eigenvalue weighted by molar-refractivity contribution is 4.79. The third-order valence-electron chi connectivity index (χ3n) is 1.78. The minimum atomic E-state index is -0.0787. The Bertz CT molecular complexity index is 97.0. The first-order chi connectivity index (χ1) is 5.31. The number of hydrogen-bond acceptors (Lipinski definition) is 1. The van der Waals surface area contributed by atoms with Crippen molar-refractivity contribution in [2.24, 2.45) is 0 Å². The maximum absolute atomic E-state index is 9.19. The van der Waals surface area contributed by atoms with Gasteiger partial charge < -0.3 is 5.11 Å². The number of aliphatic hydroxyl groups is 1. The average molecular weight is 156 g/mol. The molecule has 1 nitrogen and oxygen atoms in total. The molecular weight excluding hydrogens is 136 g/mol. The summed E-state index contributed by atoms with van der Waals surface area (Å²) < 4.78 is 0. The highest BCUT2D eigenvalue weighted by Gasteiger charge is 1.97. The van der Waals surface area contributed by atoms with Crippen LogP contribution in [0, 0.1) is 0 Å². The Morgan fingerprint density at radius 1 is 1.27 bits per heavy atom. The third kappa shape index (κ3) is 7.60. The zero-order valence-corrected chi connectivity index (χ0v) is 7.71. The number of aliphatic hydroxyl groups excluding tert-OH is 1. The monoisotopic (exact) mass is 156 g/mol. The van der Waals surface area contributed by atoms with E-state index in [1.807, 2.05) is 6.92 Å². The molecule has 0 saturated heterocycles.